The molecule has 1 N–H and O–H groups in total. The Morgan fingerprint density at radius 3 is 2.77 bits per heavy atom. The highest BCUT2D eigenvalue weighted by Gasteiger charge is 2.00. The lowest BCUT2D eigenvalue weighted by atomic mass is 10.1. The number of aliphatic hydroxyl groups is 1. The zero-order valence-electron chi connectivity index (χ0n) is 7.29. The van der Waals surface area contributed by atoms with Crippen LogP contribution in [0.25, 0.3) is 0 Å². The van der Waals surface area contributed by atoms with Gasteiger partial charge in [0.15, 0.2) is 6.79 Å². The van der Waals surface area contributed by atoms with Crippen LogP contribution < -0.4 is 0 Å². The minimum absolute atomic E-state index is 0.201. The average molecular weight is 186 g/mol. The van der Waals surface area contributed by atoms with Gasteiger partial charge in [-0.2, -0.15) is 0 Å². The van der Waals surface area contributed by atoms with Gasteiger partial charge in [-0.3, -0.25) is 0 Å². The summed E-state index contributed by atoms with van der Waals surface area (Å²) in [5, 5.41) is 8.25. The van der Waals surface area contributed by atoms with Crippen molar-refractivity contribution >= 4 is 0 Å². The second kappa shape index (κ2) is 4.91. The van der Waals surface area contributed by atoms with Gasteiger partial charge in [0.05, 0.1) is 0 Å². The van der Waals surface area contributed by atoms with E-state index in [1.54, 1.807) is 13.0 Å². The van der Waals surface area contributed by atoms with Gasteiger partial charge in [0.25, 0.3) is 0 Å². The molecule has 0 aliphatic heterocycles. The van der Waals surface area contributed by atoms with Gasteiger partial charge in [-0.1, -0.05) is 6.07 Å². The second-order valence-electron chi connectivity index (χ2n) is 2.58. The standard InChI is InChI=1S/C9H11FO3/c1-7-4-9(10)3-2-8(7)5-12-13-6-11/h2-4,11H,5-6H2,1H3. The Balaban J connectivity index is 2.56. The first kappa shape index (κ1) is 10.1. The van der Waals surface area contributed by atoms with E-state index in [1.165, 1.54) is 12.1 Å². The SMILES string of the molecule is Cc1cc(F)ccc1COOCO. The number of hydrogen-bond donors (Lipinski definition) is 1. The van der Waals surface area contributed by atoms with Crippen LogP contribution in [-0.4, -0.2) is 11.9 Å². The van der Waals surface area contributed by atoms with E-state index in [0.29, 0.717) is 0 Å². The van der Waals surface area contributed by atoms with Crippen molar-refractivity contribution in [1.29, 1.82) is 0 Å². The predicted octanol–water partition coefficient (Wildman–Crippen LogP) is 1.53. The Labute approximate surface area is 75.6 Å². The van der Waals surface area contributed by atoms with E-state index in [0.717, 1.165) is 11.1 Å². The predicted molar refractivity (Wildman–Crippen MR) is 44.1 cm³/mol. The van der Waals surface area contributed by atoms with E-state index in [9.17, 15) is 4.39 Å². The minimum atomic E-state index is -0.486. The highest BCUT2D eigenvalue weighted by atomic mass is 19.1. The third kappa shape index (κ3) is 3.10. The van der Waals surface area contributed by atoms with Crippen molar-refractivity contribution in [3.8, 4) is 0 Å². The third-order valence-electron chi connectivity index (χ3n) is 1.66. The van der Waals surface area contributed by atoms with Crippen LogP contribution in [0.15, 0.2) is 18.2 Å². The molecule has 1 aromatic rings. The molecule has 13 heavy (non-hydrogen) atoms. The first-order valence-corrected chi connectivity index (χ1v) is 3.84. The molecule has 0 radical (unpaired) electrons. The van der Waals surface area contributed by atoms with Gasteiger partial charge in [-0.25, -0.2) is 14.2 Å². The molecule has 0 saturated heterocycles. The maximum Gasteiger partial charge on any atom is 0.178 e. The van der Waals surface area contributed by atoms with Crippen LogP contribution in [0.3, 0.4) is 0 Å². The van der Waals surface area contributed by atoms with Gasteiger partial charge in [0.2, 0.25) is 0 Å². The molecule has 0 bridgehead atoms. The molecule has 72 valence electrons. The molecule has 0 aliphatic carbocycles. The van der Waals surface area contributed by atoms with Gasteiger partial charge in [-0.05, 0) is 30.2 Å². The number of rotatable bonds is 4. The highest BCUT2D eigenvalue weighted by Crippen LogP contribution is 2.10. The lowest BCUT2D eigenvalue weighted by Gasteiger charge is -2.04. The fourth-order valence-electron chi connectivity index (χ4n) is 0.964. The van der Waals surface area contributed by atoms with Gasteiger partial charge in [-0.15, -0.1) is 0 Å². The van der Waals surface area contributed by atoms with Crippen molar-refractivity contribution in [2.75, 3.05) is 6.79 Å². The molecule has 1 rings (SSSR count). The summed E-state index contributed by atoms with van der Waals surface area (Å²) >= 11 is 0. The molecule has 0 atom stereocenters. The van der Waals surface area contributed by atoms with Crippen molar-refractivity contribution < 1.29 is 19.3 Å². The molecule has 0 amide bonds. The maximum atomic E-state index is 12.6. The van der Waals surface area contributed by atoms with Crippen LogP contribution in [0.5, 0.6) is 0 Å². The largest absolute Gasteiger partial charge is 0.368 e. The maximum absolute atomic E-state index is 12.6. The molecule has 0 aromatic heterocycles. The third-order valence-corrected chi connectivity index (χ3v) is 1.66. The monoisotopic (exact) mass is 186 g/mol. The fraction of sp³-hybridized carbons (Fsp3) is 0.333. The number of halogens is 1. The summed E-state index contributed by atoms with van der Waals surface area (Å²) in [6.45, 7) is 1.49. The summed E-state index contributed by atoms with van der Waals surface area (Å²) < 4.78 is 12.6. The van der Waals surface area contributed by atoms with Crippen LogP contribution in [0.1, 0.15) is 11.1 Å². The Morgan fingerprint density at radius 2 is 2.15 bits per heavy atom. The smallest absolute Gasteiger partial charge is 0.178 e. The van der Waals surface area contributed by atoms with Crippen LogP contribution in [-0.2, 0) is 16.4 Å². The van der Waals surface area contributed by atoms with E-state index >= 15 is 0 Å². The van der Waals surface area contributed by atoms with E-state index in [4.69, 9.17) is 5.11 Å². The highest BCUT2D eigenvalue weighted by molar-refractivity contribution is 5.25. The van der Waals surface area contributed by atoms with Crippen molar-refractivity contribution in [2.24, 2.45) is 0 Å². The quantitative estimate of drug-likeness (QED) is 0.335. The van der Waals surface area contributed by atoms with Crippen LogP contribution in [0, 0.1) is 12.7 Å². The molecule has 1 aromatic carbocycles. The lowest BCUT2D eigenvalue weighted by molar-refractivity contribution is -0.336. The van der Waals surface area contributed by atoms with Crippen molar-refractivity contribution in [3.05, 3.63) is 35.1 Å². The van der Waals surface area contributed by atoms with Crippen LogP contribution in [0.4, 0.5) is 4.39 Å². The Kier molecular flexibility index (Phi) is 3.82. The molecular formula is C9H11FO3. The number of aryl methyl sites for hydroxylation is 1. The summed E-state index contributed by atoms with van der Waals surface area (Å²) in [7, 11) is 0. The molecule has 3 nitrogen and oxygen atoms in total. The molecule has 0 spiro atoms. The first-order valence-electron chi connectivity index (χ1n) is 3.84. The molecule has 0 unspecified atom stereocenters. The van der Waals surface area contributed by atoms with Gasteiger partial charge < -0.3 is 5.11 Å². The second-order valence-corrected chi connectivity index (χ2v) is 2.58. The van der Waals surface area contributed by atoms with Crippen molar-refractivity contribution in [2.45, 2.75) is 13.5 Å². The molecule has 4 heteroatoms. The van der Waals surface area contributed by atoms with E-state index < -0.39 is 6.79 Å². The number of aliphatic hydroxyl groups excluding tert-OH is 1. The summed E-state index contributed by atoms with van der Waals surface area (Å²) in [6, 6.07) is 4.38. The van der Waals surface area contributed by atoms with Crippen molar-refractivity contribution in [1.82, 2.24) is 0 Å². The molecular weight excluding hydrogens is 175 g/mol. The van der Waals surface area contributed by atoms with Gasteiger partial charge >= 0.3 is 0 Å². The van der Waals surface area contributed by atoms with Crippen LogP contribution >= 0.6 is 0 Å². The summed E-state index contributed by atoms with van der Waals surface area (Å²) in [4.78, 5) is 8.90. The van der Waals surface area contributed by atoms with E-state index in [1.807, 2.05) is 0 Å². The summed E-state index contributed by atoms with van der Waals surface area (Å²) in [6.07, 6.45) is 0. The molecule has 0 heterocycles. The van der Waals surface area contributed by atoms with E-state index in [2.05, 4.69) is 9.78 Å². The number of benzene rings is 1. The average Bonchev–Trinajstić information content (AvgIpc) is 2.09. The lowest BCUT2D eigenvalue weighted by Crippen LogP contribution is -1.98. The van der Waals surface area contributed by atoms with Crippen LogP contribution in [0.2, 0.25) is 0 Å². The molecule has 0 aliphatic rings. The van der Waals surface area contributed by atoms with E-state index in [-0.39, 0.29) is 12.4 Å². The Bertz CT molecular complexity index is 276. The van der Waals surface area contributed by atoms with Gasteiger partial charge in [0.1, 0.15) is 12.4 Å². The minimum Gasteiger partial charge on any atom is -0.368 e. The summed E-state index contributed by atoms with van der Waals surface area (Å²) in [5.41, 5.74) is 1.62. The van der Waals surface area contributed by atoms with Gasteiger partial charge in [0, 0.05) is 0 Å². The number of hydrogen-bond acceptors (Lipinski definition) is 3. The Morgan fingerprint density at radius 1 is 1.38 bits per heavy atom. The van der Waals surface area contributed by atoms with Crippen molar-refractivity contribution in [3.63, 3.8) is 0 Å². The topological polar surface area (TPSA) is 38.7 Å². The molecule has 0 saturated carbocycles. The zero-order chi connectivity index (χ0) is 9.68. The summed E-state index contributed by atoms with van der Waals surface area (Å²) in [5.74, 6) is -0.274. The fourth-order valence-corrected chi connectivity index (χ4v) is 0.964. The Hall–Kier alpha value is -0.970. The first-order chi connectivity index (χ1) is 6.24. The zero-order valence-corrected chi connectivity index (χ0v) is 7.29. The normalized spacial score (nSPS) is 10.4. The molecule has 0 fully saturated rings.